The van der Waals surface area contributed by atoms with E-state index in [1.807, 2.05) is 18.2 Å². The molecule has 2 saturated carbocycles. The van der Waals surface area contributed by atoms with Crippen molar-refractivity contribution in [1.82, 2.24) is 5.06 Å². The first kappa shape index (κ1) is 13.3. The van der Waals surface area contributed by atoms with Gasteiger partial charge in [0.1, 0.15) is 0 Å². The number of rotatable bonds is 4. The van der Waals surface area contributed by atoms with Crippen LogP contribution in [0.3, 0.4) is 0 Å². The Bertz CT molecular complexity index is 485. The fourth-order valence-electron chi connectivity index (χ4n) is 4.70. The zero-order chi connectivity index (χ0) is 14.2. The molecule has 0 atom stereocenters. The van der Waals surface area contributed by atoms with Crippen molar-refractivity contribution in [2.45, 2.75) is 57.0 Å². The molecule has 1 aromatic rings. The van der Waals surface area contributed by atoms with Gasteiger partial charge in [-0.2, -0.15) is 0 Å². The first-order valence-corrected chi connectivity index (χ1v) is 8.31. The van der Waals surface area contributed by atoms with E-state index in [1.54, 1.807) is 0 Å². The van der Waals surface area contributed by atoms with Crippen molar-refractivity contribution in [1.29, 1.82) is 0 Å². The minimum Gasteiger partial charge on any atom is -0.367 e. The van der Waals surface area contributed by atoms with Gasteiger partial charge in [-0.05, 0) is 55.9 Å². The van der Waals surface area contributed by atoms with Crippen molar-refractivity contribution in [2.24, 2.45) is 11.8 Å². The van der Waals surface area contributed by atoms with Gasteiger partial charge >= 0.3 is 5.97 Å². The summed E-state index contributed by atoms with van der Waals surface area (Å²) in [4.78, 5) is 17.9. The second-order valence-electron chi connectivity index (χ2n) is 7.03. The predicted octanol–water partition coefficient (Wildman–Crippen LogP) is 3.34. The first-order valence-electron chi connectivity index (χ1n) is 8.31. The maximum absolute atomic E-state index is 12.1. The van der Waals surface area contributed by atoms with Crippen LogP contribution in [-0.4, -0.2) is 23.1 Å². The molecule has 2 heterocycles. The second-order valence-corrected chi connectivity index (χ2v) is 7.03. The number of carbonyl (C=O) groups excluding carboxylic acids is 1. The third-order valence-corrected chi connectivity index (χ3v) is 5.48. The molecule has 4 fully saturated rings. The van der Waals surface area contributed by atoms with Crippen LogP contribution in [0.5, 0.6) is 0 Å². The minimum absolute atomic E-state index is 0.0636. The van der Waals surface area contributed by atoms with Gasteiger partial charge in [-0.25, -0.2) is 0 Å². The lowest BCUT2D eigenvalue weighted by Crippen LogP contribution is -2.58. The first-order chi connectivity index (χ1) is 10.3. The number of hydrogen-bond acceptors (Lipinski definition) is 3. The Balaban J connectivity index is 1.33. The van der Waals surface area contributed by atoms with E-state index in [0.717, 1.165) is 18.3 Å². The molecule has 112 valence electrons. The van der Waals surface area contributed by atoms with E-state index in [0.29, 0.717) is 18.5 Å². The van der Waals surface area contributed by atoms with E-state index in [4.69, 9.17) is 4.84 Å². The van der Waals surface area contributed by atoms with Crippen molar-refractivity contribution in [3.8, 4) is 0 Å². The van der Waals surface area contributed by atoms with Crippen molar-refractivity contribution in [3.05, 3.63) is 35.9 Å². The Labute approximate surface area is 126 Å². The number of hydroxylamine groups is 2. The average molecular weight is 285 g/mol. The molecule has 4 bridgehead atoms. The predicted molar refractivity (Wildman–Crippen MR) is 80.3 cm³/mol. The van der Waals surface area contributed by atoms with Crippen LogP contribution in [0.2, 0.25) is 0 Å². The summed E-state index contributed by atoms with van der Waals surface area (Å²) in [5.41, 5.74) is 1.20. The molecule has 1 aromatic carbocycles. The highest BCUT2D eigenvalue weighted by Crippen LogP contribution is 2.49. The topological polar surface area (TPSA) is 29.5 Å². The fraction of sp³-hybridized carbons (Fsp3) is 0.611. The van der Waals surface area contributed by atoms with Crippen LogP contribution in [-0.2, 0) is 16.1 Å². The maximum Gasteiger partial charge on any atom is 0.325 e. The number of hydrogen-bond donors (Lipinski definition) is 0. The Kier molecular flexibility index (Phi) is 3.46. The van der Waals surface area contributed by atoms with Crippen molar-refractivity contribution < 1.29 is 9.63 Å². The largest absolute Gasteiger partial charge is 0.367 e. The van der Waals surface area contributed by atoms with Crippen LogP contribution in [0.25, 0.3) is 0 Å². The van der Waals surface area contributed by atoms with Crippen molar-refractivity contribution >= 4 is 5.97 Å². The maximum atomic E-state index is 12.1. The van der Waals surface area contributed by atoms with Gasteiger partial charge < -0.3 is 4.84 Å². The monoisotopic (exact) mass is 285 g/mol. The van der Waals surface area contributed by atoms with E-state index >= 15 is 0 Å². The molecule has 0 amide bonds. The van der Waals surface area contributed by atoms with Gasteiger partial charge in [0.25, 0.3) is 0 Å². The van der Waals surface area contributed by atoms with Gasteiger partial charge in [0.15, 0.2) is 0 Å². The molecule has 0 aromatic heterocycles. The normalized spacial score (nSPS) is 34.1. The number of benzene rings is 1. The van der Waals surface area contributed by atoms with Crippen molar-refractivity contribution in [2.75, 3.05) is 0 Å². The van der Waals surface area contributed by atoms with E-state index in [2.05, 4.69) is 17.2 Å². The van der Waals surface area contributed by atoms with Crippen LogP contribution < -0.4 is 0 Å². The number of carbonyl (C=O) groups is 1. The molecule has 0 unspecified atom stereocenters. The van der Waals surface area contributed by atoms with E-state index < -0.39 is 0 Å². The summed E-state index contributed by atoms with van der Waals surface area (Å²) in [7, 11) is 0. The Morgan fingerprint density at radius 1 is 1.00 bits per heavy atom. The van der Waals surface area contributed by atoms with Gasteiger partial charge in [-0.3, -0.25) is 4.79 Å². The van der Waals surface area contributed by atoms with Gasteiger partial charge in [0.05, 0.1) is 6.42 Å². The average Bonchev–Trinajstić information content (AvgIpc) is 2.49. The molecule has 21 heavy (non-hydrogen) atoms. The molecule has 0 radical (unpaired) electrons. The van der Waals surface area contributed by atoms with Crippen LogP contribution in [0.1, 0.15) is 44.1 Å². The standard InChI is InChI=1S/C18H23NO2/c20-18(7-6-13-4-2-1-3-5-13)21-19-16-9-14-8-15(11-16)12-17(19)10-14/h1-5,14-17H,6-12H2. The van der Waals surface area contributed by atoms with E-state index in [-0.39, 0.29) is 5.97 Å². The van der Waals surface area contributed by atoms with Gasteiger partial charge in [-0.1, -0.05) is 30.3 Å². The molecule has 0 spiro atoms. The molecule has 3 nitrogen and oxygen atoms in total. The summed E-state index contributed by atoms with van der Waals surface area (Å²) < 4.78 is 0. The summed E-state index contributed by atoms with van der Waals surface area (Å²) in [6.07, 6.45) is 7.61. The SMILES string of the molecule is O=C(CCc1ccccc1)ON1C2CC3CC(C2)CC1C3. The lowest BCUT2D eigenvalue weighted by atomic mass is 9.64. The van der Waals surface area contributed by atoms with Crippen LogP contribution >= 0.6 is 0 Å². The zero-order valence-electron chi connectivity index (χ0n) is 12.4. The third-order valence-electron chi connectivity index (χ3n) is 5.48. The summed E-state index contributed by atoms with van der Waals surface area (Å²) in [5.74, 6) is 1.73. The van der Waals surface area contributed by atoms with Crippen LogP contribution in [0.15, 0.2) is 30.3 Å². The fourth-order valence-corrected chi connectivity index (χ4v) is 4.70. The molecular formula is C18H23NO2. The number of nitrogens with zero attached hydrogens (tertiary/aromatic N) is 1. The summed E-state index contributed by atoms with van der Waals surface area (Å²) in [6.45, 7) is 0. The summed E-state index contributed by atoms with van der Waals surface area (Å²) in [6, 6.07) is 11.2. The number of piperidine rings is 2. The molecule has 2 aliphatic heterocycles. The van der Waals surface area contributed by atoms with Gasteiger partial charge in [0.2, 0.25) is 0 Å². The van der Waals surface area contributed by atoms with Gasteiger partial charge in [-0.15, -0.1) is 5.06 Å². The highest BCUT2D eigenvalue weighted by molar-refractivity contribution is 5.69. The number of aryl methyl sites for hydroxylation is 1. The van der Waals surface area contributed by atoms with E-state index in [9.17, 15) is 4.79 Å². The summed E-state index contributed by atoms with van der Waals surface area (Å²) in [5, 5.41) is 2.07. The third kappa shape index (κ3) is 2.71. The lowest BCUT2D eigenvalue weighted by molar-refractivity contribution is -0.255. The van der Waals surface area contributed by atoms with Crippen LogP contribution in [0.4, 0.5) is 0 Å². The lowest BCUT2D eigenvalue weighted by Gasteiger charge is -2.54. The van der Waals surface area contributed by atoms with Crippen molar-refractivity contribution in [3.63, 3.8) is 0 Å². The molecule has 3 heteroatoms. The quantitative estimate of drug-likeness (QED) is 0.849. The molecule has 0 N–H and O–H groups in total. The zero-order valence-corrected chi connectivity index (χ0v) is 12.4. The smallest absolute Gasteiger partial charge is 0.325 e. The highest BCUT2D eigenvalue weighted by atomic mass is 16.7. The minimum atomic E-state index is -0.0636. The Hall–Kier alpha value is -1.35. The highest BCUT2D eigenvalue weighted by Gasteiger charge is 2.48. The summed E-state index contributed by atoms with van der Waals surface area (Å²) >= 11 is 0. The molecule has 5 rings (SSSR count). The molecular weight excluding hydrogens is 262 g/mol. The molecule has 4 aliphatic rings. The Morgan fingerprint density at radius 2 is 1.62 bits per heavy atom. The van der Waals surface area contributed by atoms with Gasteiger partial charge in [0, 0.05) is 12.1 Å². The van der Waals surface area contributed by atoms with Crippen LogP contribution in [0, 0.1) is 11.8 Å². The van der Waals surface area contributed by atoms with E-state index in [1.165, 1.54) is 37.7 Å². The molecule has 2 saturated heterocycles. The molecule has 2 aliphatic carbocycles. The Morgan fingerprint density at radius 3 is 2.24 bits per heavy atom. The second kappa shape index (κ2) is 5.45.